The molecule has 0 aromatic rings. The highest BCUT2D eigenvalue weighted by Gasteiger charge is 2.24. The van der Waals surface area contributed by atoms with Crippen molar-refractivity contribution in [1.82, 2.24) is 10.0 Å². The Morgan fingerprint density at radius 1 is 1.14 bits per heavy atom. The minimum atomic E-state index is 0.827. The van der Waals surface area contributed by atoms with Crippen LogP contribution in [0.15, 0.2) is 0 Å². The molecule has 1 heterocycles. The molecule has 1 atom stereocenters. The second kappa shape index (κ2) is 6.41. The summed E-state index contributed by atoms with van der Waals surface area (Å²) in [6.07, 6.45) is 6.92. The van der Waals surface area contributed by atoms with Crippen LogP contribution in [0.1, 0.15) is 52.9 Å². The largest absolute Gasteiger partial charge is 0.242 e. The molecule has 1 unspecified atom stereocenters. The van der Waals surface area contributed by atoms with Crippen LogP contribution >= 0.6 is 0 Å². The van der Waals surface area contributed by atoms with E-state index in [1.807, 2.05) is 0 Å². The molecule has 0 N–H and O–H groups in total. The van der Waals surface area contributed by atoms with E-state index < -0.39 is 0 Å². The van der Waals surface area contributed by atoms with Crippen LogP contribution in [0.25, 0.3) is 0 Å². The van der Waals surface area contributed by atoms with Crippen LogP contribution in [-0.4, -0.2) is 35.7 Å². The van der Waals surface area contributed by atoms with Crippen LogP contribution in [0, 0.1) is 0 Å². The van der Waals surface area contributed by atoms with Gasteiger partial charge in [-0.2, -0.15) is 0 Å². The van der Waals surface area contributed by atoms with Gasteiger partial charge in [0.05, 0.1) is 0 Å². The summed E-state index contributed by atoms with van der Waals surface area (Å²) in [7, 11) is 0. The van der Waals surface area contributed by atoms with Crippen LogP contribution in [0.3, 0.4) is 0 Å². The molecule has 2 nitrogen and oxygen atoms in total. The fourth-order valence-electron chi connectivity index (χ4n) is 2.57. The highest BCUT2D eigenvalue weighted by Crippen LogP contribution is 2.22. The van der Waals surface area contributed by atoms with Gasteiger partial charge in [0.2, 0.25) is 0 Å². The van der Waals surface area contributed by atoms with E-state index in [9.17, 15) is 0 Å². The van der Waals surface area contributed by atoms with Gasteiger partial charge in [0.15, 0.2) is 0 Å². The van der Waals surface area contributed by atoms with Crippen molar-refractivity contribution in [2.75, 3.05) is 19.6 Å². The molecule has 0 saturated carbocycles. The van der Waals surface area contributed by atoms with Crippen molar-refractivity contribution in [3.63, 3.8) is 0 Å². The molecule has 0 aromatic carbocycles. The molecule has 0 aliphatic carbocycles. The average molecular weight is 198 g/mol. The zero-order chi connectivity index (χ0) is 10.4. The van der Waals surface area contributed by atoms with Crippen LogP contribution < -0.4 is 0 Å². The van der Waals surface area contributed by atoms with Gasteiger partial charge in [0, 0.05) is 25.7 Å². The Morgan fingerprint density at radius 3 is 2.43 bits per heavy atom. The van der Waals surface area contributed by atoms with Crippen LogP contribution in [-0.2, 0) is 0 Å². The number of piperidine rings is 1. The molecule has 0 radical (unpaired) electrons. The summed E-state index contributed by atoms with van der Waals surface area (Å²) < 4.78 is 0. The Bertz CT molecular complexity index is 141. The third kappa shape index (κ3) is 2.96. The molecule has 1 aliphatic heterocycles. The molecule has 84 valence electrons. The number of hydrogen-bond donors (Lipinski definition) is 0. The highest BCUT2D eigenvalue weighted by atomic mass is 15.6. The van der Waals surface area contributed by atoms with Gasteiger partial charge in [-0.25, -0.2) is 10.0 Å². The lowest BCUT2D eigenvalue weighted by Crippen LogP contribution is -2.51. The van der Waals surface area contributed by atoms with Crippen molar-refractivity contribution in [1.29, 1.82) is 0 Å². The van der Waals surface area contributed by atoms with Gasteiger partial charge in [0.25, 0.3) is 0 Å². The van der Waals surface area contributed by atoms with E-state index >= 15 is 0 Å². The number of hydrogen-bond acceptors (Lipinski definition) is 2. The Kier molecular flexibility index (Phi) is 5.49. The van der Waals surface area contributed by atoms with E-state index in [4.69, 9.17) is 0 Å². The van der Waals surface area contributed by atoms with Crippen molar-refractivity contribution < 1.29 is 0 Å². The summed E-state index contributed by atoms with van der Waals surface area (Å²) in [5, 5.41) is 5.15. The van der Waals surface area contributed by atoms with Crippen molar-refractivity contribution >= 4 is 0 Å². The molecule has 0 aromatic heterocycles. The number of hydrazine groups is 1. The maximum Gasteiger partial charge on any atom is 0.0245 e. The summed E-state index contributed by atoms with van der Waals surface area (Å²) in [4.78, 5) is 0. The van der Waals surface area contributed by atoms with E-state index in [1.54, 1.807) is 0 Å². The summed E-state index contributed by atoms with van der Waals surface area (Å²) in [5.74, 6) is 0. The molecule has 1 aliphatic rings. The van der Waals surface area contributed by atoms with Crippen molar-refractivity contribution in [2.24, 2.45) is 0 Å². The van der Waals surface area contributed by atoms with E-state index in [2.05, 4.69) is 30.8 Å². The van der Waals surface area contributed by atoms with Gasteiger partial charge in [-0.1, -0.05) is 33.6 Å². The fraction of sp³-hybridized carbons (Fsp3) is 1.00. The summed E-state index contributed by atoms with van der Waals surface area (Å²) in [5.41, 5.74) is 0. The van der Waals surface area contributed by atoms with Crippen molar-refractivity contribution in [3.8, 4) is 0 Å². The lowest BCUT2D eigenvalue weighted by molar-refractivity contribution is -0.0739. The minimum Gasteiger partial charge on any atom is -0.242 e. The average Bonchev–Trinajstić information content (AvgIpc) is 2.23. The molecule has 0 spiro atoms. The topological polar surface area (TPSA) is 6.48 Å². The maximum atomic E-state index is 2.63. The SMILES string of the molecule is CCCC1CCCCN1N(CC)CC. The number of nitrogens with zero attached hydrogens (tertiary/aromatic N) is 2. The third-order valence-corrected chi connectivity index (χ3v) is 3.31. The Labute approximate surface area is 89.2 Å². The monoisotopic (exact) mass is 198 g/mol. The van der Waals surface area contributed by atoms with E-state index in [-0.39, 0.29) is 0 Å². The van der Waals surface area contributed by atoms with E-state index in [0.717, 1.165) is 19.1 Å². The predicted octanol–water partition coefficient (Wildman–Crippen LogP) is 2.90. The van der Waals surface area contributed by atoms with E-state index in [1.165, 1.54) is 38.6 Å². The second-order valence-corrected chi connectivity index (χ2v) is 4.24. The molecule has 0 amide bonds. The first-order valence-electron chi connectivity index (χ1n) is 6.34. The first-order chi connectivity index (χ1) is 6.83. The van der Waals surface area contributed by atoms with Gasteiger partial charge in [-0.3, -0.25) is 0 Å². The Hall–Kier alpha value is -0.0800. The molecule has 2 heteroatoms. The van der Waals surface area contributed by atoms with Crippen molar-refractivity contribution in [3.05, 3.63) is 0 Å². The third-order valence-electron chi connectivity index (χ3n) is 3.31. The summed E-state index contributed by atoms with van der Waals surface area (Å²) in [6.45, 7) is 10.4. The maximum absolute atomic E-state index is 2.63. The van der Waals surface area contributed by atoms with Crippen LogP contribution in [0.2, 0.25) is 0 Å². The van der Waals surface area contributed by atoms with Crippen molar-refractivity contribution in [2.45, 2.75) is 58.9 Å². The molecule has 1 saturated heterocycles. The molecule has 1 fully saturated rings. The molecule has 14 heavy (non-hydrogen) atoms. The van der Waals surface area contributed by atoms with Gasteiger partial charge >= 0.3 is 0 Å². The first kappa shape index (κ1) is 12.0. The lowest BCUT2D eigenvalue weighted by atomic mass is 10.00. The molecular formula is C12H26N2. The normalized spacial score (nSPS) is 24.4. The smallest absolute Gasteiger partial charge is 0.0245 e. The first-order valence-corrected chi connectivity index (χ1v) is 6.34. The summed E-state index contributed by atoms with van der Waals surface area (Å²) >= 11 is 0. The predicted molar refractivity (Wildman–Crippen MR) is 62.2 cm³/mol. The summed E-state index contributed by atoms with van der Waals surface area (Å²) in [6, 6.07) is 0.827. The quantitative estimate of drug-likeness (QED) is 0.670. The second-order valence-electron chi connectivity index (χ2n) is 4.24. The lowest BCUT2D eigenvalue weighted by Gasteiger charge is -2.42. The van der Waals surface area contributed by atoms with Gasteiger partial charge < -0.3 is 0 Å². The van der Waals surface area contributed by atoms with Gasteiger partial charge in [0.1, 0.15) is 0 Å². The Balaban J connectivity index is 2.51. The van der Waals surface area contributed by atoms with Gasteiger partial charge in [-0.05, 0) is 19.3 Å². The number of rotatable bonds is 5. The zero-order valence-corrected chi connectivity index (χ0v) is 10.1. The van der Waals surface area contributed by atoms with Gasteiger partial charge in [-0.15, -0.1) is 0 Å². The highest BCUT2D eigenvalue weighted by molar-refractivity contribution is 4.74. The molecule has 0 bridgehead atoms. The fourth-order valence-corrected chi connectivity index (χ4v) is 2.57. The minimum absolute atomic E-state index is 0.827. The molecule has 1 rings (SSSR count). The van der Waals surface area contributed by atoms with E-state index in [0.29, 0.717) is 0 Å². The standard InChI is InChI=1S/C12H26N2/c1-4-9-12-10-7-8-11-14(12)13(5-2)6-3/h12H,4-11H2,1-3H3. The Morgan fingerprint density at radius 2 is 1.86 bits per heavy atom. The van der Waals surface area contributed by atoms with Crippen LogP contribution in [0.4, 0.5) is 0 Å². The molecular weight excluding hydrogens is 172 g/mol. The zero-order valence-electron chi connectivity index (χ0n) is 10.1. The van der Waals surface area contributed by atoms with Crippen LogP contribution in [0.5, 0.6) is 0 Å².